The van der Waals surface area contributed by atoms with Crippen molar-refractivity contribution in [2.45, 2.75) is 25.7 Å². The van der Waals surface area contributed by atoms with Crippen LogP contribution in [0.5, 0.6) is 0 Å². The van der Waals surface area contributed by atoms with E-state index >= 15 is 0 Å². The highest BCUT2D eigenvalue weighted by Crippen LogP contribution is 2.26. The maximum atomic E-state index is 13.0. The molecule has 0 bridgehead atoms. The number of hydrogen-bond acceptors (Lipinski definition) is 2. The number of carbonyl (C=O) groups is 2. The van der Waals surface area contributed by atoms with Gasteiger partial charge in [-0.1, -0.05) is 11.6 Å². The van der Waals surface area contributed by atoms with Crippen LogP contribution in [0.4, 0.5) is 4.39 Å². The number of benzene rings is 1. The van der Waals surface area contributed by atoms with Crippen molar-refractivity contribution >= 4 is 23.2 Å². The molecule has 1 aromatic rings. The average molecular weight is 255 g/mol. The summed E-state index contributed by atoms with van der Waals surface area (Å²) in [4.78, 5) is 23.4. The van der Waals surface area contributed by atoms with Crippen LogP contribution < -0.4 is 0 Å². The van der Waals surface area contributed by atoms with E-state index in [1.807, 2.05) is 0 Å². The Bertz CT molecular complexity index is 470. The summed E-state index contributed by atoms with van der Waals surface area (Å²) in [6.07, 6.45) is 2.34. The Morgan fingerprint density at radius 1 is 1.41 bits per heavy atom. The molecule has 0 spiro atoms. The van der Waals surface area contributed by atoms with Crippen molar-refractivity contribution in [3.8, 4) is 0 Å². The Balaban J connectivity index is 2.18. The number of rotatable bonds is 2. The highest BCUT2D eigenvalue weighted by atomic mass is 35.5. The maximum absolute atomic E-state index is 13.0. The Labute approximate surface area is 104 Å². The summed E-state index contributed by atoms with van der Waals surface area (Å²) in [7, 11) is 0. The van der Waals surface area contributed by atoms with Crippen LogP contribution >= 0.6 is 11.6 Å². The lowest BCUT2D eigenvalue weighted by Gasteiger charge is -2.19. The third kappa shape index (κ3) is 2.72. The first-order chi connectivity index (χ1) is 8.08. The molecule has 0 aromatic heterocycles. The van der Waals surface area contributed by atoms with Crippen molar-refractivity contribution in [1.82, 2.24) is 0 Å². The third-order valence-corrected chi connectivity index (χ3v) is 3.35. The van der Waals surface area contributed by atoms with Gasteiger partial charge in [0.25, 0.3) is 0 Å². The number of hydrogen-bond donors (Lipinski definition) is 0. The van der Waals surface area contributed by atoms with Crippen molar-refractivity contribution < 1.29 is 14.0 Å². The first-order valence-corrected chi connectivity index (χ1v) is 5.96. The molecule has 1 saturated carbocycles. The summed E-state index contributed by atoms with van der Waals surface area (Å²) in [6.45, 7) is 0. The minimum absolute atomic E-state index is 0.0574. The predicted molar refractivity (Wildman–Crippen MR) is 62.7 cm³/mol. The SMILES string of the molecule is O=C1CCCC(C(=O)c2ccc(F)c(Cl)c2)C1. The fourth-order valence-corrected chi connectivity index (χ4v) is 2.31. The van der Waals surface area contributed by atoms with E-state index in [4.69, 9.17) is 11.6 Å². The molecule has 2 nitrogen and oxygen atoms in total. The summed E-state index contributed by atoms with van der Waals surface area (Å²) in [5.41, 5.74) is 0.385. The molecule has 1 aromatic carbocycles. The lowest BCUT2D eigenvalue weighted by Crippen LogP contribution is -2.23. The fraction of sp³-hybridized carbons (Fsp3) is 0.385. The first kappa shape index (κ1) is 12.2. The zero-order valence-corrected chi connectivity index (χ0v) is 9.97. The van der Waals surface area contributed by atoms with Crippen LogP contribution in [-0.2, 0) is 4.79 Å². The van der Waals surface area contributed by atoms with Gasteiger partial charge < -0.3 is 0 Å². The van der Waals surface area contributed by atoms with Crippen molar-refractivity contribution in [2.24, 2.45) is 5.92 Å². The van der Waals surface area contributed by atoms with E-state index in [0.29, 0.717) is 18.4 Å². The van der Waals surface area contributed by atoms with E-state index in [9.17, 15) is 14.0 Å². The highest BCUT2D eigenvalue weighted by molar-refractivity contribution is 6.31. The molecule has 1 aliphatic carbocycles. The average Bonchev–Trinajstić information content (AvgIpc) is 2.32. The van der Waals surface area contributed by atoms with Crippen molar-refractivity contribution in [2.75, 3.05) is 0 Å². The molecule has 0 saturated heterocycles. The van der Waals surface area contributed by atoms with Gasteiger partial charge in [0.15, 0.2) is 5.78 Å². The third-order valence-electron chi connectivity index (χ3n) is 3.06. The van der Waals surface area contributed by atoms with Crippen molar-refractivity contribution in [1.29, 1.82) is 0 Å². The van der Waals surface area contributed by atoms with E-state index < -0.39 is 5.82 Å². The lowest BCUT2D eigenvalue weighted by atomic mass is 9.83. The van der Waals surface area contributed by atoms with Crippen LogP contribution in [0.1, 0.15) is 36.0 Å². The van der Waals surface area contributed by atoms with Crippen LogP contribution in [0.15, 0.2) is 18.2 Å². The summed E-state index contributed by atoms with van der Waals surface area (Å²) >= 11 is 5.63. The smallest absolute Gasteiger partial charge is 0.166 e. The van der Waals surface area contributed by atoms with Gasteiger partial charge in [0.2, 0.25) is 0 Å². The van der Waals surface area contributed by atoms with Gasteiger partial charge in [0, 0.05) is 24.3 Å². The highest BCUT2D eigenvalue weighted by Gasteiger charge is 2.26. The number of Topliss-reactive ketones (excluding diaryl/α,β-unsaturated/α-hetero) is 2. The zero-order chi connectivity index (χ0) is 12.4. The molecular weight excluding hydrogens is 243 g/mol. The van der Waals surface area contributed by atoms with Gasteiger partial charge in [-0.05, 0) is 31.0 Å². The van der Waals surface area contributed by atoms with Gasteiger partial charge >= 0.3 is 0 Å². The van der Waals surface area contributed by atoms with E-state index in [-0.39, 0.29) is 22.5 Å². The van der Waals surface area contributed by atoms with Gasteiger partial charge in [-0.25, -0.2) is 4.39 Å². The van der Waals surface area contributed by atoms with Gasteiger partial charge in [-0.3, -0.25) is 9.59 Å². The molecule has 0 radical (unpaired) electrons. The summed E-state index contributed by atoms with van der Waals surface area (Å²) < 4.78 is 13.0. The Morgan fingerprint density at radius 2 is 2.18 bits per heavy atom. The number of ketones is 2. The van der Waals surface area contributed by atoms with Crippen LogP contribution in [0.3, 0.4) is 0 Å². The first-order valence-electron chi connectivity index (χ1n) is 5.59. The quantitative estimate of drug-likeness (QED) is 0.758. The van der Waals surface area contributed by atoms with Gasteiger partial charge in [0.1, 0.15) is 11.6 Å². The summed E-state index contributed by atoms with van der Waals surface area (Å²) in [6, 6.07) is 3.93. The topological polar surface area (TPSA) is 34.1 Å². The Morgan fingerprint density at radius 3 is 2.82 bits per heavy atom. The maximum Gasteiger partial charge on any atom is 0.166 e. The van der Waals surface area contributed by atoms with Crippen molar-refractivity contribution in [3.05, 3.63) is 34.6 Å². The standard InChI is InChI=1S/C13H12ClFO2/c14-11-7-9(4-5-12(11)15)13(17)8-2-1-3-10(16)6-8/h4-5,7-8H,1-3,6H2. The zero-order valence-electron chi connectivity index (χ0n) is 9.21. The molecule has 1 unspecified atom stereocenters. The Hall–Kier alpha value is -1.22. The van der Waals surface area contributed by atoms with Gasteiger partial charge in [-0.15, -0.1) is 0 Å². The number of halogens is 2. The molecule has 2 rings (SSSR count). The molecule has 1 atom stereocenters. The van der Waals surface area contributed by atoms with E-state index in [2.05, 4.69) is 0 Å². The van der Waals surface area contributed by atoms with E-state index in [1.54, 1.807) is 0 Å². The van der Waals surface area contributed by atoms with E-state index in [1.165, 1.54) is 18.2 Å². The second kappa shape index (κ2) is 4.96. The van der Waals surface area contributed by atoms with Crippen molar-refractivity contribution in [3.63, 3.8) is 0 Å². The minimum atomic E-state index is -0.539. The molecule has 90 valence electrons. The summed E-state index contributed by atoms with van der Waals surface area (Å²) in [5, 5.41) is -0.0574. The second-order valence-corrected chi connectivity index (χ2v) is 4.73. The van der Waals surface area contributed by atoms with Crippen LogP contribution in [0.25, 0.3) is 0 Å². The predicted octanol–water partition coefficient (Wildman–Crippen LogP) is 3.42. The molecule has 0 aliphatic heterocycles. The van der Waals surface area contributed by atoms with Gasteiger partial charge in [-0.2, -0.15) is 0 Å². The normalized spacial score (nSPS) is 20.4. The van der Waals surface area contributed by atoms with Gasteiger partial charge in [0.05, 0.1) is 5.02 Å². The minimum Gasteiger partial charge on any atom is -0.300 e. The molecule has 1 aliphatic rings. The molecular formula is C13H12ClFO2. The largest absolute Gasteiger partial charge is 0.300 e. The van der Waals surface area contributed by atoms with Crippen LogP contribution in [-0.4, -0.2) is 11.6 Å². The monoisotopic (exact) mass is 254 g/mol. The van der Waals surface area contributed by atoms with Crippen LogP contribution in [0, 0.1) is 11.7 Å². The van der Waals surface area contributed by atoms with E-state index in [0.717, 1.165) is 12.8 Å². The Kier molecular flexibility index (Phi) is 3.57. The molecule has 17 heavy (non-hydrogen) atoms. The molecule has 4 heteroatoms. The lowest BCUT2D eigenvalue weighted by molar-refractivity contribution is -0.121. The summed E-state index contributed by atoms with van der Waals surface area (Å²) in [5.74, 6) is -0.788. The van der Waals surface area contributed by atoms with Crippen LogP contribution in [0.2, 0.25) is 5.02 Å². The molecule has 0 amide bonds. The molecule has 1 fully saturated rings. The molecule has 0 N–H and O–H groups in total. The number of carbonyl (C=O) groups excluding carboxylic acids is 2. The second-order valence-electron chi connectivity index (χ2n) is 4.33. The fourth-order valence-electron chi connectivity index (χ4n) is 2.13. The molecule has 0 heterocycles.